The van der Waals surface area contributed by atoms with E-state index in [0.717, 1.165) is 12.3 Å². The molecule has 1 N–H and O–H groups in total. The van der Waals surface area contributed by atoms with Crippen LogP contribution in [0.1, 0.15) is 57.9 Å². The second-order valence-electron chi connectivity index (χ2n) is 6.44. The van der Waals surface area contributed by atoms with E-state index in [1.807, 2.05) is 12.1 Å². The number of halogens is 1. The van der Waals surface area contributed by atoms with Crippen molar-refractivity contribution >= 4 is 0 Å². The minimum atomic E-state index is -0.152. The summed E-state index contributed by atoms with van der Waals surface area (Å²) >= 11 is 0. The Morgan fingerprint density at radius 3 is 2.25 bits per heavy atom. The summed E-state index contributed by atoms with van der Waals surface area (Å²) in [5.74, 6) is 0.675. The lowest BCUT2D eigenvalue weighted by molar-refractivity contribution is 0.313. The Balaban J connectivity index is 1.80. The fourth-order valence-corrected chi connectivity index (χ4v) is 3.43. The molecule has 0 spiro atoms. The van der Waals surface area contributed by atoms with Crippen molar-refractivity contribution in [2.24, 2.45) is 5.92 Å². The molecule has 1 unspecified atom stereocenters. The summed E-state index contributed by atoms with van der Waals surface area (Å²) < 4.78 is 12.9. The van der Waals surface area contributed by atoms with E-state index in [1.54, 1.807) is 12.1 Å². The van der Waals surface area contributed by atoms with Gasteiger partial charge in [-0.1, -0.05) is 37.8 Å². The maximum absolute atomic E-state index is 12.9. The molecule has 2 rings (SSSR count). The van der Waals surface area contributed by atoms with Crippen molar-refractivity contribution in [2.75, 3.05) is 0 Å². The molecule has 2 atom stereocenters. The maximum Gasteiger partial charge on any atom is 0.123 e. The molecule has 1 aliphatic rings. The number of rotatable bonds is 5. The molecule has 1 aromatic rings. The highest BCUT2D eigenvalue weighted by atomic mass is 19.1. The monoisotopic (exact) mass is 277 g/mol. The standard InChI is InChI=1S/C18H28FN/c1-14(13-16-9-11-18(19)12-10-16)20-15(2)17-7-5-3-4-6-8-17/h9-12,14-15,17,20H,3-8,13H2,1-2H3/t14?,15-/m1/s1. The van der Waals surface area contributed by atoms with Gasteiger partial charge in [-0.25, -0.2) is 4.39 Å². The van der Waals surface area contributed by atoms with E-state index in [-0.39, 0.29) is 5.82 Å². The van der Waals surface area contributed by atoms with Gasteiger partial charge in [-0.05, 0) is 56.7 Å². The number of hydrogen-bond donors (Lipinski definition) is 1. The molecule has 0 bridgehead atoms. The van der Waals surface area contributed by atoms with Crippen molar-refractivity contribution in [1.29, 1.82) is 0 Å². The summed E-state index contributed by atoms with van der Waals surface area (Å²) in [7, 11) is 0. The molecule has 1 fully saturated rings. The van der Waals surface area contributed by atoms with Crippen LogP contribution in [-0.2, 0) is 6.42 Å². The average Bonchev–Trinajstić information content (AvgIpc) is 2.70. The minimum Gasteiger partial charge on any atom is -0.311 e. The summed E-state index contributed by atoms with van der Waals surface area (Å²) in [4.78, 5) is 0. The third-order valence-electron chi connectivity index (χ3n) is 4.61. The summed E-state index contributed by atoms with van der Waals surface area (Å²) in [6, 6.07) is 7.92. The van der Waals surface area contributed by atoms with E-state index in [0.29, 0.717) is 12.1 Å². The van der Waals surface area contributed by atoms with Gasteiger partial charge in [0.1, 0.15) is 5.82 Å². The van der Waals surface area contributed by atoms with Crippen LogP contribution in [0.15, 0.2) is 24.3 Å². The smallest absolute Gasteiger partial charge is 0.123 e. The van der Waals surface area contributed by atoms with Gasteiger partial charge in [0.25, 0.3) is 0 Å². The highest BCUT2D eigenvalue weighted by Gasteiger charge is 2.20. The SMILES string of the molecule is CC(Cc1ccc(F)cc1)N[C@H](C)C1CCCCCC1. The molecule has 0 aliphatic heterocycles. The van der Waals surface area contributed by atoms with Crippen molar-refractivity contribution in [2.45, 2.75) is 70.9 Å². The van der Waals surface area contributed by atoms with Crippen LogP contribution in [0, 0.1) is 11.7 Å². The van der Waals surface area contributed by atoms with Crippen LogP contribution in [0.4, 0.5) is 4.39 Å². The highest BCUT2D eigenvalue weighted by Crippen LogP contribution is 2.25. The van der Waals surface area contributed by atoms with Crippen LogP contribution >= 0.6 is 0 Å². The molecule has 0 radical (unpaired) electrons. The lowest BCUT2D eigenvalue weighted by Crippen LogP contribution is -2.40. The summed E-state index contributed by atoms with van der Waals surface area (Å²) in [6.45, 7) is 4.56. The quantitative estimate of drug-likeness (QED) is 0.769. The Morgan fingerprint density at radius 1 is 1.05 bits per heavy atom. The zero-order valence-electron chi connectivity index (χ0n) is 12.9. The molecular weight excluding hydrogens is 249 g/mol. The molecule has 0 amide bonds. The fourth-order valence-electron chi connectivity index (χ4n) is 3.43. The lowest BCUT2D eigenvalue weighted by Gasteiger charge is -2.27. The van der Waals surface area contributed by atoms with Gasteiger partial charge in [-0.2, -0.15) is 0 Å². The zero-order valence-corrected chi connectivity index (χ0v) is 12.9. The Kier molecular flexibility index (Phi) is 6.03. The minimum absolute atomic E-state index is 0.152. The highest BCUT2D eigenvalue weighted by molar-refractivity contribution is 5.17. The van der Waals surface area contributed by atoms with Gasteiger partial charge in [-0.3, -0.25) is 0 Å². The van der Waals surface area contributed by atoms with E-state index in [2.05, 4.69) is 19.2 Å². The van der Waals surface area contributed by atoms with Gasteiger partial charge in [0.2, 0.25) is 0 Å². The van der Waals surface area contributed by atoms with E-state index in [4.69, 9.17) is 0 Å². The Bertz CT molecular complexity index is 379. The van der Waals surface area contributed by atoms with Gasteiger partial charge in [0, 0.05) is 12.1 Å². The van der Waals surface area contributed by atoms with Crippen LogP contribution in [0.2, 0.25) is 0 Å². The number of hydrogen-bond acceptors (Lipinski definition) is 1. The van der Waals surface area contributed by atoms with Crippen molar-refractivity contribution in [3.63, 3.8) is 0 Å². The van der Waals surface area contributed by atoms with Crippen LogP contribution in [0.25, 0.3) is 0 Å². The molecular formula is C18H28FN. The summed E-state index contributed by atoms with van der Waals surface area (Å²) in [5, 5.41) is 3.75. The van der Waals surface area contributed by atoms with Crippen molar-refractivity contribution in [3.05, 3.63) is 35.6 Å². The maximum atomic E-state index is 12.9. The first-order valence-electron chi connectivity index (χ1n) is 8.15. The molecule has 1 aromatic carbocycles. The van der Waals surface area contributed by atoms with Gasteiger partial charge < -0.3 is 5.32 Å². The lowest BCUT2D eigenvalue weighted by atomic mass is 9.92. The van der Waals surface area contributed by atoms with Crippen LogP contribution in [-0.4, -0.2) is 12.1 Å². The van der Waals surface area contributed by atoms with Gasteiger partial charge >= 0.3 is 0 Å². The fraction of sp³-hybridized carbons (Fsp3) is 0.667. The number of benzene rings is 1. The second kappa shape index (κ2) is 7.78. The largest absolute Gasteiger partial charge is 0.311 e. The predicted octanol–water partition coefficient (Wildman–Crippen LogP) is 4.71. The van der Waals surface area contributed by atoms with Crippen LogP contribution < -0.4 is 5.32 Å². The number of nitrogens with one attached hydrogen (secondary N) is 1. The van der Waals surface area contributed by atoms with Crippen molar-refractivity contribution in [3.8, 4) is 0 Å². The van der Waals surface area contributed by atoms with Gasteiger partial charge in [-0.15, -0.1) is 0 Å². The van der Waals surface area contributed by atoms with Gasteiger partial charge in [0.05, 0.1) is 0 Å². The van der Waals surface area contributed by atoms with Crippen LogP contribution in [0.5, 0.6) is 0 Å². The molecule has 0 heterocycles. The Hall–Kier alpha value is -0.890. The first-order chi connectivity index (χ1) is 9.65. The Labute approximate surface area is 123 Å². The van der Waals surface area contributed by atoms with E-state index < -0.39 is 0 Å². The van der Waals surface area contributed by atoms with Crippen LogP contribution in [0.3, 0.4) is 0 Å². The van der Waals surface area contributed by atoms with E-state index in [9.17, 15) is 4.39 Å². The molecule has 0 aromatic heterocycles. The molecule has 0 saturated heterocycles. The van der Waals surface area contributed by atoms with E-state index in [1.165, 1.54) is 44.1 Å². The Morgan fingerprint density at radius 2 is 1.65 bits per heavy atom. The molecule has 1 nitrogen and oxygen atoms in total. The van der Waals surface area contributed by atoms with Gasteiger partial charge in [0.15, 0.2) is 0 Å². The second-order valence-corrected chi connectivity index (χ2v) is 6.44. The molecule has 2 heteroatoms. The summed E-state index contributed by atoms with van der Waals surface area (Å²) in [5.41, 5.74) is 1.21. The predicted molar refractivity (Wildman–Crippen MR) is 83.4 cm³/mol. The van der Waals surface area contributed by atoms with E-state index >= 15 is 0 Å². The first-order valence-corrected chi connectivity index (χ1v) is 8.15. The first kappa shape index (κ1) is 15.5. The summed E-state index contributed by atoms with van der Waals surface area (Å²) in [6.07, 6.45) is 9.32. The molecule has 20 heavy (non-hydrogen) atoms. The zero-order chi connectivity index (χ0) is 14.4. The third kappa shape index (κ3) is 4.90. The normalized spacial score (nSPS) is 20.4. The van der Waals surface area contributed by atoms with Crippen molar-refractivity contribution < 1.29 is 4.39 Å². The molecule has 1 saturated carbocycles. The third-order valence-corrected chi connectivity index (χ3v) is 4.61. The molecule has 1 aliphatic carbocycles. The topological polar surface area (TPSA) is 12.0 Å². The molecule has 112 valence electrons. The average molecular weight is 277 g/mol. The van der Waals surface area contributed by atoms with Crippen molar-refractivity contribution in [1.82, 2.24) is 5.32 Å².